The number of hydrogen-bond donors (Lipinski definition) is 1. The Kier molecular flexibility index (Phi) is 2.69. The molecule has 1 unspecified atom stereocenters. The summed E-state index contributed by atoms with van der Waals surface area (Å²) in [5.74, 6) is 0.392. The van der Waals surface area contributed by atoms with Gasteiger partial charge in [0.15, 0.2) is 5.69 Å². The molecule has 2 aromatic rings. The normalized spacial score (nSPS) is 18.8. The van der Waals surface area contributed by atoms with Gasteiger partial charge in [0.05, 0.1) is 0 Å². The molecule has 0 amide bonds. The summed E-state index contributed by atoms with van der Waals surface area (Å²) < 4.78 is 39.3. The van der Waals surface area contributed by atoms with Crippen molar-refractivity contribution in [2.45, 2.75) is 18.6 Å². The number of pyridine rings is 1. The van der Waals surface area contributed by atoms with E-state index in [0.29, 0.717) is 13.1 Å². The number of anilines is 1. The van der Waals surface area contributed by atoms with E-state index in [4.69, 9.17) is 0 Å². The highest BCUT2D eigenvalue weighted by Crippen LogP contribution is 2.32. The molecule has 4 nitrogen and oxygen atoms in total. The van der Waals surface area contributed by atoms with Gasteiger partial charge in [-0.1, -0.05) is 0 Å². The molecule has 0 saturated heterocycles. The van der Waals surface area contributed by atoms with Crippen LogP contribution >= 0.6 is 0 Å². The van der Waals surface area contributed by atoms with E-state index in [9.17, 15) is 13.2 Å². The first kappa shape index (κ1) is 12.0. The number of fused-ring (bicyclic) bond motifs is 1. The Balaban J connectivity index is 1.86. The fraction of sp³-hybridized carbons (Fsp3) is 0.333. The average Bonchev–Trinajstić information content (AvgIpc) is 2.82. The van der Waals surface area contributed by atoms with E-state index in [1.165, 1.54) is 4.57 Å². The van der Waals surface area contributed by atoms with Crippen molar-refractivity contribution >= 4 is 5.95 Å². The summed E-state index contributed by atoms with van der Waals surface area (Å²) in [6, 6.07) is 3.75. The van der Waals surface area contributed by atoms with Crippen LogP contribution in [0.4, 0.5) is 19.1 Å². The molecule has 0 aromatic carbocycles. The number of nitrogens with one attached hydrogen (secondary N) is 1. The predicted octanol–water partition coefficient (Wildman–Crippen LogP) is 2.51. The Hall–Kier alpha value is -2.05. The Morgan fingerprint density at radius 1 is 1.26 bits per heavy atom. The van der Waals surface area contributed by atoms with Gasteiger partial charge >= 0.3 is 6.18 Å². The van der Waals surface area contributed by atoms with E-state index in [-0.39, 0.29) is 11.9 Å². The first-order valence-electron chi connectivity index (χ1n) is 5.82. The minimum atomic E-state index is -4.40. The van der Waals surface area contributed by atoms with E-state index in [2.05, 4.69) is 15.3 Å². The summed E-state index contributed by atoms with van der Waals surface area (Å²) in [6.45, 7) is 1.05. The molecule has 1 aliphatic rings. The maximum Gasteiger partial charge on any atom is 0.434 e. The molecule has 1 atom stereocenters. The first-order valence-corrected chi connectivity index (χ1v) is 5.82. The molecule has 0 aliphatic carbocycles. The molecule has 19 heavy (non-hydrogen) atoms. The van der Waals surface area contributed by atoms with Crippen molar-refractivity contribution in [3.05, 3.63) is 42.0 Å². The topological polar surface area (TPSA) is 42.7 Å². The fourth-order valence-corrected chi connectivity index (χ4v) is 2.21. The number of nitrogens with zero attached hydrogens (tertiary/aromatic N) is 3. The summed E-state index contributed by atoms with van der Waals surface area (Å²) in [5, 5.41) is 2.94. The van der Waals surface area contributed by atoms with Crippen molar-refractivity contribution in [3.63, 3.8) is 0 Å². The van der Waals surface area contributed by atoms with Gasteiger partial charge in [0.2, 0.25) is 5.95 Å². The lowest BCUT2D eigenvalue weighted by molar-refractivity contribution is -0.140. The van der Waals surface area contributed by atoms with Crippen molar-refractivity contribution in [1.82, 2.24) is 14.5 Å². The minimum absolute atomic E-state index is 0.116. The molecule has 1 N–H and O–H groups in total. The van der Waals surface area contributed by atoms with E-state index >= 15 is 0 Å². The molecule has 1 aliphatic heterocycles. The maximum atomic E-state index is 12.6. The van der Waals surface area contributed by atoms with Crippen LogP contribution in [-0.4, -0.2) is 21.1 Å². The van der Waals surface area contributed by atoms with E-state index in [1.54, 1.807) is 12.4 Å². The van der Waals surface area contributed by atoms with Gasteiger partial charge in [-0.25, -0.2) is 4.98 Å². The molecule has 2 aromatic heterocycles. The minimum Gasteiger partial charge on any atom is -0.355 e. The lowest BCUT2D eigenvalue weighted by Crippen LogP contribution is -2.25. The zero-order chi connectivity index (χ0) is 13.5. The molecule has 0 radical (unpaired) electrons. The van der Waals surface area contributed by atoms with Gasteiger partial charge in [-0.15, -0.1) is 0 Å². The molecule has 0 spiro atoms. The van der Waals surface area contributed by atoms with Crippen LogP contribution in [0.1, 0.15) is 17.2 Å². The third kappa shape index (κ3) is 2.27. The van der Waals surface area contributed by atoms with Gasteiger partial charge in [0.1, 0.15) is 0 Å². The highest BCUT2D eigenvalue weighted by molar-refractivity contribution is 5.35. The van der Waals surface area contributed by atoms with Crippen LogP contribution < -0.4 is 5.32 Å². The molecule has 0 saturated carbocycles. The Labute approximate surface area is 107 Å². The quantitative estimate of drug-likeness (QED) is 0.864. The van der Waals surface area contributed by atoms with E-state index in [1.807, 2.05) is 12.1 Å². The monoisotopic (exact) mass is 268 g/mol. The molecule has 3 heterocycles. The third-order valence-corrected chi connectivity index (χ3v) is 3.17. The van der Waals surface area contributed by atoms with Crippen molar-refractivity contribution < 1.29 is 13.2 Å². The van der Waals surface area contributed by atoms with Crippen molar-refractivity contribution in [2.24, 2.45) is 0 Å². The van der Waals surface area contributed by atoms with E-state index in [0.717, 1.165) is 11.8 Å². The summed E-state index contributed by atoms with van der Waals surface area (Å²) in [4.78, 5) is 7.50. The first-order chi connectivity index (χ1) is 9.04. The SMILES string of the molecule is FC(F)(F)c1cn2c(n1)NCC(c1ccncc1)C2. The lowest BCUT2D eigenvalue weighted by atomic mass is 9.99. The largest absolute Gasteiger partial charge is 0.434 e. The van der Waals surface area contributed by atoms with E-state index < -0.39 is 11.9 Å². The zero-order valence-corrected chi connectivity index (χ0v) is 9.85. The van der Waals surface area contributed by atoms with Gasteiger partial charge in [0, 0.05) is 37.6 Å². The number of imidazole rings is 1. The molecular formula is C12H11F3N4. The highest BCUT2D eigenvalue weighted by Gasteiger charge is 2.35. The van der Waals surface area contributed by atoms with Gasteiger partial charge in [-0.2, -0.15) is 13.2 Å². The number of halogens is 3. The predicted molar refractivity (Wildman–Crippen MR) is 62.7 cm³/mol. The number of hydrogen-bond acceptors (Lipinski definition) is 3. The summed E-state index contributed by atoms with van der Waals surface area (Å²) in [5.41, 5.74) is 0.195. The zero-order valence-electron chi connectivity index (χ0n) is 9.85. The van der Waals surface area contributed by atoms with Crippen molar-refractivity contribution in [1.29, 1.82) is 0 Å². The summed E-state index contributed by atoms with van der Waals surface area (Å²) in [6.07, 6.45) is 0.00761. The Morgan fingerprint density at radius 2 is 2.00 bits per heavy atom. The van der Waals surface area contributed by atoms with Crippen LogP contribution in [0.2, 0.25) is 0 Å². The number of alkyl halides is 3. The molecule has 100 valence electrons. The van der Waals surface area contributed by atoms with Crippen LogP contribution in [0.25, 0.3) is 0 Å². The van der Waals surface area contributed by atoms with Crippen molar-refractivity contribution in [2.75, 3.05) is 11.9 Å². The lowest BCUT2D eigenvalue weighted by Gasteiger charge is -2.25. The Morgan fingerprint density at radius 3 is 2.68 bits per heavy atom. The summed E-state index contributed by atoms with van der Waals surface area (Å²) >= 11 is 0. The van der Waals surface area contributed by atoms with Gasteiger partial charge in [-0.05, 0) is 17.7 Å². The van der Waals surface area contributed by atoms with Crippen LogP contribution in [0, 0.1) is 0 Å². The number of aromatic nitrogens is 3. The van der Waals surface area contributed by atoms with Crippen LogP contribution in [-0.2, 0) is 12.7 Å². The molecule has 3 rings (SSSR count). The molecular weight excluding hydrogens is 257 g/mol. The second kappa shape index (κ2) is 4.25. The second-order valence-electron chi connectivity index (χ2n) is 4.46. The fourth-order valence-electron chi connectivity index (χ4n) is 2.21. The van der Waals surface area contributed by atoms with Gasteiger partial charge in [-0.3, -0.25) is 4.98 Å². The smallest absolute Gasteiger partial charge is 0.355 e. The van der Waals surface area contributed by atoms with Gasteiger partial charge in [0.25, 0.3) is 0 Å². The van der Waals surface area contributed by atoms with Crippen LogP contribution in [0.5, 0.6) is 0 Å². The molecule has 0 fully saturated rings. The highest BCUT2D eigenvalue weighted by atomic mass is 19.4. The average molecular weight is 268 g/mol. The number of rotatable bonds is 1. The van der Waals surface area contributed by atoms with Gasteiger partial charge < -0.3 is 9.88 Å². The Bertz CT molecular complexity index is 576. The van der Waals surface area contributed by atoms with Crippen molar-refractivity contribution in [3.8, 4) is 0 Å². The molecule has 0 bridgehead atoms. The second-order valence-corrected chi connectivity index (χ2v) is 4.46. The maximum absolute atomic E-state index is 12.6. The third-order valence-electron chi connectivity index (χ3n) is 3.17. The molecule has 7 heteroatoms. The standard InChI is InChI=1S/C12H11F3N4/c13-12(14,15)10-7-19-6-9(5-17-11(19)18-10)8-1-3-16-4-2-8/h1-4,7,9H,5-6H2,(H,17,18). The van der Waals surface area contributed by atoms with Crippen LogP contribution in [0.3, 0.4) is 0 Å². The van der Waals surface area contributed by atoms with Crippen LogP contribution in [0.15, 0.2) is 30.7 Å². The summed E-state index contributed by atoms with van der Waals surface area (Å²) in [7, 11) is 0.